The molecule has 0 aliphatic carbocycles. The van der Waals surface area contributed by atoms with Crippen molar-refractivity contribution in [1.29, 1.82) is 0 Å². The lowest BCUT2D eigenvalue weighted by atomic mass is 10.1. The van der Waals surface area contributed by atoms with Crippen molar-refractivity contribution in [3.63, 3.8) is 0 Å². The Balaban J connectivity index is 1.99. The summed E-state index contributed by atoms with van der Waals surface area (Å²) in [7, 11) is -1.60. The van der Waals surface area contributed by atoms with Crippen LogP contribution in [0.25, 0.3) is 0 Å². The Morgan fingerprint density at radius 1 is 1.43 bits per heavy atom. The van der Waals surface area contributed by atoms with Gasteiger partial charge in [0, 0.05) is 18.0 Å². The van der Waals surface area contributed by atoms with Gasteiger partial charge in [-0.3, -0.25) is 4.79 Å². The van der Waals surface area contributed by atoms with Crippen LogP contribution in [0.2, 0.25) is 0 Å². The van der Waals surface area contributed by atoms with E-state index in [1.54, 1.807) is 0 Å². The molecule has 6 nitrogen and oxygen atoms in total. The second-order valence-electron chi connectivity index (χ2n) is 5.73. The fraction of sp³-hybridized carbons (Fsp3) is 0.467. The zero-order valence-corrected chi connectivity index (χ0v) is 14.6. The number of hydrogen-bond acceptors (Lipinski definition) is 5. The van der Waals surface area contributed by atoms with Crippen molar-refractivity contribution in [2.24, 2.45) is 4.99 Å². The van der Waals surface area contributed by atoms with E-state index in [0.717, 1.165) is 11.3 Å². The number of anilines is 1. The summed E-state index contributed by atoms with van der Waals surface area (Å²) in [5, 5.41) is 0.470. The maximum atomic E-state index is 12.0. The fourth-order valence-corrected chi connectivity index (χ4v) is 6.84. The maximum absolute atomic E-state index is 12.0. The molecule has 2 saturated heterocycles. The minimum absolute atomic E-state index is 0.0840. The van der Waals surface area contributed by atoms with Crippen LogP contribution in [0.4, 0.5) is 5.69 Å². The molecule has 0 radical (unpaired) electrons. The number of rotatable bonds is 3. The molecule has 1 aromatic rings. The van der Waals surface area contributed by atoms with Crippen LogP contribution >= 0.6 is 11.8 Å². The van der Waals surface area contributed by atoms with Gasteiger partial charge in [0.2, 0.25) is 0 Å². The van der Waals surface area contributed by atoms with Crippen LogP contribution < -0.4 is 4.90 Å². The van der Waals surface area contributed by atoms with Crippen LogP contribution in [-0.2, 0) is 19.4 Å². The lowest BCUT2D eigenvalue weighted by Gasteiger charge is -2.24. The van der Waals surface area contributed by atoms with E-state index in [-0.39, 0.29) is 35.3 Å². The predicted octanol–water partition coefficient (Wildman–Crippen LogP) is 1.24. The molecule has 2 fully saturated rings. The molecule has 2 heterocycles. The summed E-state index contributed by atoms with van der Waals surface area (Å²) in [4.78, 5) is 17.8. The van der Waals surface area contributed by atoms with Crippen LogP contribution in [0.3, 0.4) is 0 Å². The first-order valence-corrected chi connectivity index (χ1v) is 9.93. The zero-order valence-electron chi connectivity index (χ0n) is 12.9. The molecule has 3 rings (SSSR count). The van der Waals surface area contributed by atoms with E-state index in [2.05, 4.69) is 4.99 Å². The number of thioether (sulfide) groups is 1. The van der Waals surface area contributed by atoms with E-state index in [0.29, 0.717) is 5.17 Å². The number of amides is 1. The molecule has 0 N–H and O–H groups in total. The van der Waals surface area contributed by atoms with E-state index in [1.807, 2.05) is 36.1 Å². The van der Waals surface area contributed by atoms with E-state index < -0.39 is 9.84 Å². The average molecular weight is 354 g/mol. The Labute approximate surface area is 139 Å². The van der Waals surface area contributed by atoms with Crippen molar-refractivity contribution in [3.05, 3.63) is 29.8 Å². The van der Waals surface area contributed by atoms with Crippen molar-refractivity contribution in [2.75, 3.05) is 30.1 Å². The van der Waals surface area contributed by atoms with E-state index >= 15 is 0 Å². The molecule has 0 aromatic heterocycles. The Hall–Kier alpha value is -1.38. The number of methoxy groups -OCH3 is 1. The molecule has 0 unspecified atom stereocenters. The minimum atomic E-state index is -3.05. The molecular formula is C15H18N2O4S2. The van der Waals surface area contributed by atoms with Crippen molar-refractivity contribution >= 4 is 38.4 Å². The van der Waals surface area contributed by atoms with Crippen molar-refractivity contribution in [1.82, 2.24) is 0 Å². The number of amidine groups is 1. The molecule has 8 heteroatoms. The molecule has 0 saturated carbocycles. The standard InChI is InChI=1S/C15H18N2O4S2/c1-10-4-3-5-11(6-10)17-12-8-23(19,20)9-13(12)22-15(17)16-14(18)7-21-2/h3-6,12-13H,7-9H2,1-2H3/t12-,13-/m0/s1. The lowest BCUT2D eigenvalue weighted by molar-refractivity contribution is -0.121. The molecule has 1 amide bonds. The van der Waals surface area contributed by atoms with Crippen LogP contribution in [-0.4, -0.2) is 56.0 Å². The predicted molar refractivity (Wildman–Crippen MR) is 91.8 cm³/mol. The van der Waals surface area contributed by atoms with Gasteiger partial charge in [-0.05, 0) is 24.6 Å². The molecular weight excluding hydrogens is 336 g/mol. The van der Waals surface area contributed by atoms with Gasteiger partial charge in [-0.1, -0.05) is 23.9 Å². The first-order valence-electron chi connectivity index (χ1n) is 7.23. The number of carbonyl (C=O) groups excluding carboxylic acids is 1. The monoisotopic (exact) mass is 354 g/mol. The van der Waals surface area contributed by atoms with Crippen molar-refractivity contribution in [2.45, 2.75) is 18.2 Å². The number of fused-ring (bicyclic) bond motifs is 1. The summed E-state index contributed by atoms with van der Waals surface area (Å²) in [6.45, 7) is 1.89. The summed E-state index contributed by atoms with van der Waals surface area (Å²) < 4.78 is 28.7. The largest absolute Gasteiger partial charge is 0.375 e. The van der Waals surface area contributed by atoms with Gasteiger partial charge < -0.3 is 9.64 Å². The normalized spacial score (nSPS) is 27.4. The van der Waals surface area contributed by atoms with E-state index in [4.69, 9.17) is 4.74 Å². The minimum Gasteiger partial charge on any atom is -0.375 e. The second-order valence-corrected chi connectivity index (χ2v) is 9.09. The number of aliphatic imine (C=N–C) groups is 1. The summed E-state index contributed by atoms with van der Waals surface area (Å²) in [6.07, 6.45) is 0. The highest BCUT2D eigenvalue weighted by atomic mass is 32.2. The van der Waals surface area contributed by atoms with Crippen LogP contribution in [0, 0.1) is 6.92 Å². The van der Waals surface area contributed by atoms with Gasteiger partial charge in [-0.2, -0.15) is 4.99 Å². The number of nitrogens with zero attached hydrogens (tertiary/aromatic N) is 2. The highest BCUT2D eigenvalue weighted by molar-refractivity contribution is 8.16. The molecule has 2 aliphatic heterocycles. The van der Waals surface area contributed by atoms with E-state index in [1.165, 1.54) is 18.9 Å². The van der Waals surface area contributed by atoms with Gasteiger partial charge >= 0.3 is 0 Å². The number of sulfone groups is 1. The number of carbonyl (C=O) groups is 1. The van der Waals surface area contributed by atoms with Gasteiger partial charge in [0.25, 0.3) is 5.91 Å². The molecule has 2 atom stereocenters. The number of ether oxygens (including phenoxy) is 1. The molecule has 23 heavy (non-hydrogen) atoms. The topological polar surface area (TPSA) is 76.0 Å². The van der Waals surface area contributed by atoms with Gasteiger partial charge in [0.05, 0.1) is 17.5 Å². The van der Waals surface area contributed by atoms with Gasteiger partial charge in [-0.15, -0.1) is 0 Å². The molecule has 124 valence electrons. The Morgan fingerprint density at radius 2 is 2.22 bits per heavy atom. The highest BCUT2D eigenvalue weighted by Gasteiger charge is 2.49. The third kappa shape index (κ3) is 3.44. The highest BCUT2D eigenvalue weighted by Crippen LogP contribution is 2.41. The van der Waals surface area contributed by atoms with Gasteiger partial charge in [-0.25, -0.2) is 8.42 Å². The molecule has 2 aliphatic rings. The lowest BCUT2D eigenvalue weighted by Crippen LogP contribution is -2.37. The third-order valence-corrected chi connectivity index (χ3v) is 7.04. The van der Waals surface area contributed by atoms with Crippen LogP contribution in [0.5, 0.6) is 0 Å². The molecule has 1 aromatic carbocycles. The number of aryl methyl sites for hydroxylation is 1. The first kappa shape index (κ1) is 16.5. The Bertz CT molecular complexity index is 760. The summed E-state index contributed by atoms with van der Waals surface area (Å²) in [5.74, 6) is -0.145. The molecule has 0 bridgehead atoms. The summed E-state index contributed by atoms with van der Waals surface area (Å²) in [5.41, 5.74) is 1.94. The van der Waals surface area contributed by atoms with Crippen molar-refractivity contribution in [3.8, 4) is 0 Å². The third-order valence-electron chi connectivity index (χ3n) is 3.83. The van der Waals surface area contributed by atoms with Gasteiger partial charge in [0.1, 0.15) is 6.61 Å². The number of hydrogen-bond donors (Lipinski definition) is 0. The SMILES string of the molecule is COCC(=O)N=C1S[C@H]2CS(=O)(=O)C[C@@H]2N1c1cccc(C)c1. The number of benzene rings is 1. The quantitative estimate of drug-likeness (QED) is 0.813. The maximum Gasteiger partial charge on any atom is 0.274 e. The average Bonchev–Trinajstić information content (AvgIpc) is 2.89. The van der Waals surface area contributed by atoms with Crippen LogP contribution in [0.1, 0.15) is 5.56 Å². The van der Waals surface area contributed by atoms with Crippen LogP contribution in [0.15, 0.2) is 29.3 Å². The smallest absolute Gasteiger partial charge is 0.274 e. The first-order chi connectivity index (χ1) is 10.9. The summed E-state index contributed by atoms with van der Waals surface area (Å²) >= 11 is 1.37. The Morgan fingerprint density at radius 3 is 2.91 bits per heavy atom. The fourth-order valence-electron chi connectivity index (χ4n) is 2.91. The molecule has 0 spiro atoms. The van der Waals surface area contributed by atoms with E-state index in [9.17, 15) is 13.2 Å². The second kappa shape index (κ2) is 6.26. The van der Waals surface area contributed by atoms with Crippen molar-refractivity contribution < 1.29 is 17.9 Å². The zero-order chi connectivity index (χ0) is 16.6. The Kier molecular flexibility index (Phi) is 4.48. The summed E-state index contributed by atoms with van der Waals surface area (Å²) in [6, 6.07) is 7.60. The van der Waals surface area contributed by atoms with Gasteiger partial charge in [0.15, 0.2) is 15.0 Å².